The van der Waals surface area contributed by atoms with Crippen molar-refractivity contribution < 1.29 is 9.53 Å². The summed E-state index contributed by atoms with van der Waals surface area (Å²) in [7, 11) is 1.56. The van der Waals surface area contributed by atoms with Crippen molar-refractivity contribution >= 4 is 11.6 Å². The zero-order valence-electron chi connectivity index (χ0n) is 14.3. The minimum absolute atomic E-state index is 0.252. The number of nitrogens with one attached hydrogen (secondary N) is 1. The number of hydrogen-bond acceptors (Lipinski definition) is 3. The number of rotatable bonds is 4. The first-order valence-corrected chi connectivity index (χ1v) is 7.85. The summed E-state index contributed by atoms with van der Waals surface area (Å²) in [4.78, 5) is 24.6. The van der Waals surface area contributed by atoms with Gasteiger partial charge in [-0.2, -0.15) is 0 Å². The summed E-state index contributed by atoms with van der Waals surface area (Å²) in [6, 6.07) is 16.8. The predicted molar refractivity (Wildman–Crippen MR) is 97.0 cm³/mol. The van der Waals surface area contributed by atoms with Crippen molar-refractivity contribution in [3.8, 4) is 17.1 Å². The molecule has 0 unspecified atom stereocenters. The van der Waals surface area contributed by atoms with Gasteiger partial charge in [0.2, 0.25) is 5.91 Å². The molecule has 2 aromatic carbocycles. The van der Waals surface area contributed by atoms with Crippen LogP contribution in [0.1, 0.15) is 12.6 Å². The maximum Gasteiger partial charge on any atom is 0.295 e. The van der Waals surface area contributed by atoms with Crippen molar-refractivity contribution in [1.82, 2.24) is 9.36 Å². The molecule has 0 saturated heterocycles. The average Bonchev–Trinajstić information content (AvgIpc) is 2.86. The second kappa shape index (κ2) is 6.68. The van der Waals surface area contributed by atoms with Crippen LogP contribution in [0, 0.1) is 6.92 Å². The minimum Gasteiger partial charge on any atom is -0.494 e. The molecule has 0 atom stereocenters. The van der Waals surface area contributed by atoms with Crippen LogP contribution in [-0.2, 0) is 4.79 Å². The third-order valence-corrected chi connectivity index (χ3v) is 3.90. The number of anilines is 1. The Balaban J connectivity index is 2.37. The van der Waals surface area contributed by atoms with E-state index in [4.69, 9.17) is 4.74 Å². The third kappa shape index (κ3) is 2.94. The van der Waals surface area contributed by atoms with Crippen molar-refractivity contribution in [2.75, 3.05) is 12.4 Å². The number of nitrogens with zero attached hydrogens (tertiary/aromatic N) is 2. The number of ether oxygens (including phenoxy) is 1. The topological polar surface area (TPSA) is 65.3 Å². The molecule has 0 bridgehead atoms. The smallest absolute Gasteiger partial charge is 0.295 e. The Kier molecular flexibility index (Phi) is 4.43. The first kappa shape index (κ1) is 16.6. The van der Waals surface area contributed by atoms with E-state index in [1.165, 1.54) is 11.6 Å². The van der Waals surface area contributed by atoms with Crippen LogP contribution in [0.5, 0.6) is 5.75 Å². The van der Waals surface area contributed by atoms with Crippen molar-refractivity contribution in [1.29, 1.82) is 0 Å². The molecule has 3 aromatic rings. The van der Waals surface area contributed by atoms with Gasteiger partial charge >= 0.3 is 0 Å². The fraction of sp³-hybridized carbons (Fsp3) is 0.158. The lowest BCUT2D eigenvalue weighted by Crippen LogP contribution is -2.23. The molecule has 1 heterocycles. The molecule has 0 aliphatic heterocycles. The van der Waals surface area contributed by atoms with Crippen molar-refractivity contribution in [2.24, 2.45) is 0 Å². The lowest BCUT2D eigenvalue weighted by atomic mass is 10.3. The van der Waals surface area contributed by atoms with Crippen LogP contribution in [0.15, 0.2) is 59.4 Å². The molecule has 1 aromatic heterocycles. The maximum absolute atomic E-state index is 13.1. The summed E-state index contributed by atoms with van der Waals surface area (Å²) in [6.45, 7) is 3.18. The third-order valence-electron chi connectivity index (χ3n) is 3.90. The quantitative estimate of drug-likeness (QED) is 0.796. The van der Waals surface area contributed by atoms with E-state index in [1.807, 2.05) is 42.5 Å². The lowest BCUT2D eigenvalue weighted by molar-refractivity contribution is -0.114. The molecular weight excluding hydrogens is 318 g/mol. The van der Waals surface area contributed by atoms with Crippen LogP contribution < -0.4 is 15.6 Å². The van der Waals surface area contributed by atoms with Crippen LogP contribution in [0.2, 0.25) is 0 Å². The monoisotopic (exact) mass is 337 g/mol. The summed E-state index contributed by atoms with van der Waals surface area (Å²) in [6.07, 6.45) is 0. The Morgan fingerprint density at radius 1 is 1.00 bits per heavy atom. The van der Waals surface area contributed by atoms with Crippen LogP contribution in [0.4, 0.5) is 5.69 Å². The SMILES string of the molecule is COc1ccccc1-n1c(=O)c(NC(C)=O)c(C)n1-c1ccccc1. The van der Waals surface area contributed by atoms with Gasteiger partial charge in [-0.05, 0) is 31.2 Å². The summed E-state index contributed by atoms with van der Waals surface area (Å²) in [5, 5.41) is 2.65. The minimum atomic E-state index is -0.318. The van der Waals surface area contributed by atoms with Gasteiger partial charge in [0, 0.05) is 6.92 Å². The fourth-order valence-electron chi connectivity index (χ4n) is 2.83. The Morgan fingerprint density at radius 2 is 1.64 bits per heavy atom. The predicted octanol–water partition coefficient (Wildman–Crippen LogP) is 2.90. The Morgan fingerprint density at radius 3 is 2.28 bits per heavy atom. The molecule has 0 spiro atoms. The molecule has 0 aliphatic rings. The highest BCUT2D eigenvalue weighted by atomic mass is 16.5. The van der Waals surface area contributed by atoms with Gasteiger partial charge in [-0.3, -0.25) is 9.59 Å². The van der Waals surface area contributed by atoms with Gasteiger partial charge in [0.15, 0.2) is 0 Å². The summed E-state index contributed by atoms with van der Waals surface area (Å²) >= 11 is 0. The number of benzene rings is 2. The van der Waals surface area contributed by atoms with E-state index in [0.717, 1.165) is 5.69 Å². The summed E-state index contributed by atoms with van der Waals surface area (Å²) in [5.74, 6) is 0.270. The van der Waals surface area contributed by atoms with E-state index in [9.17, 15) is 9.59 Å². The van der Waals surface area contributed by atoms with Crippen molar-refractivity contribution in [2.45, 2.75) is 13.8 Å². The van der Waals surface area contributed by atoms with Gasteiger partial charge in [0.05, 0.1) is 18.5 Å². The lowest BCUT2D eigenvalue weighted by Gasteiger charge is -2.15. The number of methoxy groups -OCH3 is 1. The van der Waals surface area contributed by atoms with Gasteiger partial charge in [-0.1, -0.05) is 30.3 Å². The molecule has 0 fully saturated rings. The summed E-state index contributed by atoms with van der Waals surface area (Å²) in [5.41, 5.74) is 1.97. The number of hydrogen-bond donors (Lipinski definition) is 1. The van der Waals surface area contributed by atoms with E-state index in [2.05, 4.69) is 5.32 Å². The molecule has 1 N–H and O–H groups in total. The number of para-hydroxylation sites is 3. The van der Waals surface area contributed by atoms with E-state index < -0.39 is 0 Å². The molecule has 1 amide bonds. The number of carbonyl (C=O) groups is 1. The number of carbonyl (C=O) groups excluding carboxylic acids is 1. The van der Waals surface area contributed by atoms with E-state index in [-0.39, 0.29) is 17.2 Å². The van der Waals surface area contributed by atoms with Gasteiger partial charge in [0.1, 0.15) is 17.1 Å². The molecular formula is C19H19N3O3. The fourth-order valence-corrected chi connectivity index (χ4v) is 2.83. The highest BCUT2D eigenvalue weighted by Gasteiger charge is 2.21. The van der Waals surface area contributed by atoms with Crippen molar-refractivity contribution in [3.63, 3.8) is 0 Å². The Bertz CT molecular complexity index is 971. The van der Waals surface area contributed by atoms with E-state index in [1.54, 1.807) is 30.8 Å². The highest BCUT2D eigenvalue weighted by molar-refractivity contribution is 5.89. The van der Waals surface area contributed by atoms with Crippen LogP contribution in [-0.4, -0.2) is 22.4 Å². The van der Waals surface area contributed by atoms with E-state index >= 15 is 0 Å². The zero-order valence-corrected chi connectivity index (χ0v) is 14.3. The number of amides is 1. The van der Waals surface area contributed by atoms with Gasteiger partial charge < -0.3 is 10.1 Å². The van der Waals surface area contributed by atoms with Gasteiger partial charge in [0.25, 0.3) is 5.56 Å². The molecule has 25 heavy (non-hydrogen) atoms. The largest absolute Gasteiger partial charge is 0.494 e. The second-order valence-corrected chi connectivity index (χ2v) is 5.58. The van der Waals surface area contributed by atoms with Crippen LogP contribution in [0.25, 0.3) is 11.4 Å². The Labute approximate surface area is 145 Å². The first-order chi connectivity index (χ1) is 12.0. The number of aromatic nitrogens is 2. The summed E-state index contributed by atoms with van der Waals surface area (Å²) < 4.78 is 8.69. The zero-order chi connectivity index (χ0) is 18.0. The van der Waals surface area contributed by atoms with Crippen LogP contribution in [0.3, 0.4) is 0 Å². The second-order valence-electron chi connectivity index (χ2n) is 5.58. The van der Waals surface area contributed by atoms with E-state index in [0.29, 0.717) is 17.1 Å². The molecule has 6 heteroatoms. The molecule has 6 nitrogen and oxygen atoms in total. The normalized spacial score (nSPS) is 10.5. The molecule has 0 saturated carbocycles. The molecule has 128 valence electrons. The molecule has 3 rings (SSSR count). The van der Waals surface area contributed by atoms with Crippen LogP contribution >= 0.6 is 0 Å². The molecule has 0 aliphatic carbocycles. The first-order valence-electron chi connectivity index (χ1n) is 7.85. The van der Waals surface area contributed by atoms with Gasteiger partial charge in [-0.15, -0.1) is 0 Å². The standard InChI is InChI=1S/C19H19N3O3/c1-13-18(20-14(2)23)19(24)22(16-11-7-8-12-17(16)25-3)21(13)15-9-5-4-6-10-15/h4-12H,1-3H3,(H,20,23). The van der Waals surface area contributed by atoms with Crippen molar-refractivity contribution in [3.05, 3.63) is 70.6 Å². The molecule has 0 radical (unpaired) electrons. The average molecular weight is 337 g/mol. The Hall–Kier alpha value is -3.28. The van der Waals surface area contributed by atoms with Gasteiger partial charge in [-0.25, -0.2) is 9.36 Å². The highest BCUT2D eigenvalue weighted by Crippen LogP contribution is 2.25. The maximum atomic E-state index is 13.1.